The molecule has 0 aliphatic heterocycles. The molecule has 0 saturated heterocycles. The summed E-state index contributed by atoms with van der Waals surface area (Å²) in [5, 5.41) is 0. The average molecular weight is 318 g/mol. The molecule has 0 bridgehead atoms. The molecule has 120 valence electrons. The second kappa shape index (κ2) is 8.77. The number of carbonyl (C=O) groups is 1. The fraction of sp³-hybridized carbons (Fsp3) is 0.500. The number of ether oxygens (including phenoxy) is 2. The number of Topliss-reactive ketones (excluding diaryl/α,β-unsaturated/α-hetero) is 1. The van der Waals surface area contributed by atoms with Crippen LogP contribution in [0.3, 0.4) is 0 Å². The molecule has 1 rings (SSSR count). The molecule has 0 aromatic heterocycles. The van der Waals surface area contributed by atoms with Gasteiger partial charge in [-0.2, -0.15) is 0 Å². The second-order valence-electron chi connectivity index (χ2n) is 6.44. The number of carbonyl (C=O) groups excluding carboxylic acids is 1. The smallest absolute Gasteiger partial charge is 0.132 e. The molecule has 0 amide bonds. The standard InChI is InChI=1S/C18H26O3Si/c1-15(19)13-18(7-6-12-22(3,4)5)21-14-16-8-10-17(20-2)11-9-16/h8-11,18H,7,13-14H2,1-5H3/t18-/m0/s1. The number of hydrogen-bond donors (Lipinski definition) is 0. The normalized spacial score (nSPS) is 12.2. The van der Waals surface area contributed by atoms with E-state index in [1.54, 1.807) is 14.0 Å². The monoisotopic (exact) mass is 318 g/mol. The first-order valence-corrected chi connectivity index (χ1v) is 11.0. The molecule has 0 aliphatic carbocycles. The summed E-state index contributed by atoms with van der Waals surface area (Å²) >= 11 is 0. The predicted octanol–water partition coefficient (Wildman–Crippen LogP) is 3.83. The Kier molecular flexibility index (Phi) is 7.36. The van der Waals surface area contributed by atoms with Crippen LogP contribution in [0.25, 0.3) is 0 Å². The molecule has 0 radical (unpaired) electrons. The summed E-state index contributed by atoms with van der Waals surface area (Å²) in [6.07, 6.45) is 0.889. The highest BCUT2D eigenvalue weighted by Gasteiger charge is 2.12. The highest BCUT2D eigenvalue weighted by molar-refractivity contribution is 6.83. The van der Waals surface area contributed by atoms with Crippen molar-refractivity contribution in [3.63, 3.8) is 0 Å². The van der Waals surface area contributed by atoms with E-state index in [9.17, 15) is 4.79 Å². The van der Waals surface area contributed by atoms with Crippen LogP contribution in [0.1, 0.15) is 25.3 Å². The lowest BCUT2D eigenvalue weighted by Gasteiger charge is -2.15. The van der Waals surface area contributed by atoms with Crippen LogP contribution < -0.4 is 4.74 Å². The molecule has 0 heterocycles. The zero-order chi connectivity index (χ0) is 16.6. The van der Waals surface area contributed by atoms with Crippen LogP contribution in [0.15, 0.2) is 24.3 Å². The van der Waals surface area contributed by atoms with E-state index < -0.39 is 8.07 Å². The Bertz CT molecular complexity index is 532. The Hall–Kier alpha value is -1.57. The molecule has 0 unspecified atom stereocenters. The third-order valence-electron chi connectivity index (χ3n) is 2.95. The van der Waals surface area contributed by atoms with Crippen molar-refractivity contribution in [2.45, 2.75) is 52.1 Å². The third kappa shape index (κ3) is 8.01. The summed E-state index contributed by atoms with van der Waals surface area (Å²) in [7, 11) is 0.268. The summed E-state index contributed by atoms with van der Waals surface area (Å²) in [6.45, 7) is 8.70. The lowest BCUT2D eigenvalue weighted by Crippen LogP contribution is -2.18. The van der Waals surface area contributed by atoms with Gasteiger partial charge < -0.3 is 9.47 Å². The Morgan fingerprint density at radius 1 is 1.23 bits per heavy atom. The van der Waals surface area contributed by atoms with E-state index in [1.165, 1.54) is 0 Å². The number of rotatable bonds is 7. The molecular formula is C18H26O3Si. The zero-order valence-electron chi connectivity index (χ0n) is 14.2. The first kappa shape index (κ1) is 18.5. The van der Waals surface area contributed by atoms with E-state index in [4.69, 9.17) is 9.47 Å². The Balaban J connectivity index is 2.59. The molecule has 1 aromatic carbocycles. The molecule has 3 nitrogen and oxygen atoms in total. The lowest BCUT2D eigenvalue weighted by molar-refractivity contribution is -0.120. The summed E-state index contributed by atoms with van der Waals surface area (Å²) in [6, 6.07) is 7.75. The minimum Gasteiger partial charge on any atom is -0.497 e. The largest absolute Gasteiger partial charge is 0.497 e. The zero-order valence-corrected chi connectivity index (χ0v) is 15.2. The maximum atomic E-state index is 11.4. The fourth-order valence-electron chi connectivity index (χ4n) is 1.88. The molecule has 1 aromatic rings. The van der Waals surface area contributed by atoms with Crippen molar-refractivity contribution in [3.05, 3.63) is 29.8 Å². The van der Waals surface area contributed by atoms with Crippen molar-refractivity contribution < 1.29 is 14.3 Å². The highest BCUT2D eigenvalue weighted by atomic mass is 28.3. The summed E-state index contributed by atoms with van der Waals surface area (Å²) in [5.74, 6) is 4.16. The van der Waals surface area contributed by atoms with Gasteiger partial charge in [0.25, 0.3) is 0 Å². The average Bonchev–Trinajstić information content (AvgIpc) is 2.43. The van der Waals surface area contributed by atoms with Gasteiger partial charge in [0.1, 0.15) is 19.6 Å². The van der Waals surface area contributed by atoms with Gasteiger partial charge in [-0.15, -0.1) is 11.5 Å². The highest BCUT2D eigenvalue weighted by Crippen LogP contribution is 2.14. The van der Waals surface area contributed by atoms with Crippen molar-refractivity contribution in [1.82, 2.24) is 0 Å². The maximum absolute atomic E-state index is 11.4. The molecule has 0 N–H and O–H groups in total. The van der Waals surface area contributed by atoms with Crippen molar-refractivity contribution in [2.24, 2.45) is 0 Å². The first-order chi connectivity index (χ1) is 10.3. The SMILES string of the molecule is COc1ccc(CO[C@@H](CC#C[Si](C)(C)C)CC(C)=O)cc1. The van der Waals surface area contributed by atoms with Crippen molar-refractivity contribution in [1.29, 1.82) is 0 Å². The summed E-state index contributed by atoms with van der Waals surface area (Å²) in [4.78, 5) is 11.4. The van der Waals surface area contributed by atoms with Gasteiger partial charge in [-0.3, -0.25) is 4.79 Å². The topological polar surface area (TPSA) is 35.5 Å². The lowest BCUT2D eigenvalue weighted by atomic mass is 10.1. The van der Waals surface area contributed by atoms with Crippen LogP contribution >= 0.6 is 0 Å². The third-order valence-corrected chi connectivity index (χ3v) is 3.88. The fourth-order valence-corrected chi connectivity index (χ4v) is 2.51. The number of benzene rings is 1. The van der Waals surface area contributed by atoms with Gasteiger partial charge in [-0.1, -0.05) is 31.8 Å². The summed E-state index contributed by atoms with van der Waals surface area (Å²) < 4.78 is 11.0. The van der Waals surface area contributed by atoms with Gasteiger partial charge in [0.15, 0.2) is 0 Å². The van der Waals surface area contributed by atoms with Gasteiger partial charge >= 0.3 is 0 Å². The van der Waals surface area contributed by atoms with Crippen molar-refractivity contribution in [2.75, 3.05) is 7.11 Å². The number of methoxy groups -OCH3 is 1. The quantitative estimate of drug-likeness (QED) is 0.566. The molecule has 0 aliphatic rings. The Morgan fingerprint density at radius 3 is 2.36 bits per heavy atom. The molecule has 0 saturated carbocycles. The van der Waals surface area contributed by atoms with Gasteiger partial charge in [-0.05, 0) is 24.6 Å². The van der Waals surface area contributed by atoms with E-state index in [-0.39, 0.29) is 11.9 Å². The predicted molar refractivity (Wildman–Crippen MR) is 92.6 cm³/mol. The van der Waals surface area contributed by atoms with Crippen LogP contribution in [0.4, 0.5) is 0 Å². The molecular weight excluding hydrogens is 292 g/mol. The van der Waals surface area contributed by atoms with Crippen molar-refractivity contribution >= 4 is 13.9 Å². The van der Waals surface area contributed by atoms with Crippen LogP contribution in [-0.2, 0) is 16.1 Å². The van der Waals surface area contributed by atoms with E-state index in [0.717, 1.165) is 11.3 Å². The van der Waals surface area contributed by atoms with Gasteiger partial charge in [-0.25, -0.2) is 0 Å². The van der Waals surface area contributed by atoms with Gasteiger partial charge in [0, 0.05) is 12.8 Å². The number of hydrogen-bond acceptors (Lipinski definition) is 3. The van der Waals surface area contributed by atoms with E-state index >= 15 is 0 Å². The molecule has 4 heteroatoms. The summed E-state index contributed by atoms with van der Waals surface area (Å²) in [5.41, 5.74) is 4.38. The molecule has 1 atom stereocenters. The second-order valence-corrected chi connectivity index (χ2v) is 11.2. The van der Waals surface area contributed by atoms with Crippen LogP contribution in [0.5, 0.6) is 5.75 Å². The number of ketones is 1. The van der Waals surface area contributed by atoms with E-state index in [2.05, 4.69) is 31.1 Å². The Labute approximate surface area is 135 Å². The van der Waals surface area contributed by atoms with Crippen LogP contribution in [0, 0.1) is 11.5 Å². The minimum absolute atomic E-state index is 0.134. The molecule has 0 fully saturated rings. The van der Waals surface area contributed by atoms with Crippen LogP contribution in [-0.4, -0.2) is 27.1 Å². The molecule has 22 heavy (non-hydrogen) atoms. The maximum Gasteiger partial charge on any atom is 0.132 e. The molecule has 0 spiro atoms. The van der Waals surface area contributed by atoms with E-state index in [0.29, 0.717) is 19.4 Å². The first-order valence-electron chi connectivity index (χ1n) is 7.54. The van der Waals surface area contributed by atoms with Gasteiger partial charge in [0.2, 0.25) is 0 Å². The van der Waals surface area contributed by atoms with Crippen molar-refractivity contribution in [3.8, 4) is 17.2 Å². The van der Waals surface area contributed by atoms with Gasteiger partial charge in [0.05, 0.1) is 19.8 Å². The minimum atomic E-state index is -1.38. The Morgan fingerprint density at radius 2 is 1.86 bits per heavy atom. The van der Waals surface area contributed by atoms with Crippen LogP contribution in [0.2, 0.25) is 19.6 Å². The van der Waals surface area contributed by atoms with E-state index in [1.807, 2.05) is 24.3 Å².